The number of carbonyl (C=O) groups is 2. The molecule has 21 heavy (non-hydrogen) atoms. The molecule has 1 aromatic rings. The van der Waals surface area contributed by atoms with Crippen molar-refractivity contribution in [3.63, 3.8) is 0 Å². The van der Waals surface area contributed by atoms with E-state index in [-0.39, 0.29) is 24.5 Å². The van der Waals surface area contributed by atoms with Gasteiger partial charge in [-0.15, -0.1) is 0 Å². The Bertz CT molecular complexity index is 477. The van der Waals surface area contributed by atoms with Crippen LogP contribution in [0.2, 0.25) is 0 Å². The lowest BCUT2D eigenvalue weighted by atomic mass is 10.1. The Kier molecular flexibility index (Phi) is 5.43. The summed E-state index contributed by atoms with van der Waals surface area (Å²) in [5.74, 6) is 1.23. The maximum atomic E-state index is 11.8. The molecule has 0 saturated carbocycles. The Balaban J connectivity index is 1.72. The van der Waals surface area contributed by atoms with E-state index in [0.29, 0.717) is 31.7 Å². The average Bonchev–Trinajstić information content (AvgIpc) is 2.49. The van der Waals surface area contributed by atoms with Crippen LogP contribution in [0, 0.1) is 0 Å². The van der Waals surface area contributed by atoms with Crippen molar-refractivity contribution in [3.8, 4) is 11.5 Å². The van der Waals surface area contributed by atoms with Crippen LogP contribution in [0.4, 0.5) is 0 Å². The first-order valence-electron chi connectivity index (χ1n) is 7.09. The van der Waals surface area contributed by atoms with E-state index >= 15 is 0 Å². The lowest BCUT2D eigenvalue weighted by Crippen LogP contribution is -2.48. The third-order valence-electron chi connectivity index (χ3n) is 3.14. The van der Waals surface area contributed by atoms with Crippen molar-refractivity contribution in [1.29, 1.82) is 0 Å². The van der Waals surface area contributed by atoms with Gasteiger partial charge in [-0.25, -0.2) is 0 Å². The second-order valence-electron chi connectivity index (χ2n) is 4.80. The van der Waals surface area contributed by atoms with Gasteiger partial charge in [0.05, 0.1) is 6.61 Å². The molecule has 1 aromatic carbocycles. The highest BCUT2D eigenvalue weighted by atomic mass is 16.5. The molecule has 2 amide bonds. The summed E-state index contributed by atoms with van der Waals surface area (Å²) in [7, 11) is 0. The number of benzene rings is 1. The molecule has 1 unspecified atom stereocenters. The molecule has 0 aromatic heterocycles. The number of amides is 2. The zero-order chi connectivity index (χ0) is 15.1. The summed E-state index contributed by atoms with van der Waals surface area (Å²) in [6, 6.07) is 7.11. The smallest absolute Gasteiger partial charge is 0.258 e. The van der Waals surface area contributed by atoms with E-state index < -0.39 is 0 Å². The molecule has 1 fully saturated rings. The Morgan fingerprint density at radius 3 is 2.52 bits per heavy atom. The highest BCUT2D eigenvalue weighted by Crippen LogP contribution is 2.17. The largest absolute Gasteiger partial charge is 0.494 e. The monoisotopic (exact) mass is 292 g/mol. The summed E-state index contributed by atoms with van der Waals surface area (Å²) < 4.78 is 10.7. The quantitative estimate of drug-likeness (QED) is 0.815. The van der Waals surface area contributed by atoms with E-state index in [9.17, 15) is 9.59 Å². The van der Waals surface area contributed by atoms with Gasteiger partial charge in [-0.2, -0.15) is 0 Å². The van der Waals surface area contributed by atoms with Crippen molar-refractivity contribution in [2.24, 2.45) is 0 Å². The first-order chi connectivity index (χ1) is 10.2. The number of piperidine rings is 1. The number of hydrogen-bond acceptors (Lipinski definition) is 4. The van der Waals surface area contributed by atoms with Crippen LogP contribution >= 0.6 is 0 Å². The van der Waals surface area contributed by atoms with Crippen LogP contribution in [0.15, 0.2) is 24.3 Å². The summed E-state index contributed by atoms with van der Waals surface area (Å²) in [6.45, 7) is 2.97. The van der Waals surface area contributed by atoms with Crippen molar-refractivity contribution in [3.05, 3.63) is 24.3 Å². The SMILES string of the molecule is CCOc1ccc(OCC(=O)NC2CCC(=O)NC2)cc1. The Morgan fingerprint density at radius 2 is 1.95 bits per heavy atom. The molecule has 1 aliphatic rings. The lowest BCUT2D eigenvalue weighted by molar-refractivity contribution is -0.126. The van der Waals surface area contributed by atoms with Crippen LogP contribution in [0.5, 0.6) is 11.5 Å². The molecule has 6 nitrogen and oxygen atoms in total. The third-order valence-corrected chi connectivity index (χ3v) is 3.14. The first kappa shape index (κ1) is 15.2. The second-order valence-corrected chi connectivity index (χ2v) is 4.80. The minimum atomic E-state index is -0.190. The summed E-state index contributed by atoms with van der Waals surface area (Å²) in [5, 5.41) is 5.56. The molecular weight excluding hydrogens is 272 g/mol. The summed E-state index contributed by atoms with van der Waals surface area (Å²) in [6.07, 6.45) is 1.12. The summed E-state index contributed by atoms with van der Waals surface area (Å²) in [5.41, 5.74) is 0. The van der Waals surface area contributed by atoms with Crippen molar-refractivity contribution in [2.45, 2.75) is 25.8 Å². The number of nitrogens with one attached hydrogen (secondary N) is 2. The van der Waals surface area contributed by atoms with Gasteiger partial charge in [-0.3, -0.25) is 9.59 Å². The van der Waals surface area contributed by atoms with Gasteiger partial charge >= 0.3 is 0 Å². The average molecular weight is 292 g/mol. The summed E-state index contributed by atoms with van der Waals surface area (Å²) in [4.78, 5) is 22.8. The van der Waals surface area contributed by atoms with Crippen LogP contribution in [0.3, 0.4) is 0 Å². The lowest BCUT2D eigenvalue weighted by Gasteiger charge is -2.23. The van der Waals surface area contributed by atoms with Gasteiger partial charge in [0.15, 0.2) is 6.61 Å². The van der Waals surface area contributed by atoms with Gasteiger partial charge in [-0.05, 0) is 37.6 Å². The zero-order valence-corrected chi connectivity index (χ0v) is 12.1. The van der Waals surface area contributed by atoms with E-state index in [0.717, 1.165) is 5.75 Å². The van der Waals surface area contributed by atoms with E-state index in [4.69, 9.17) is 9.47 Å². The van der Waals surface area contributed by atoms with Crippen molar-refractivity contribution >= 4 is 11.8 Å². The maximum Gasteiger partial charge on any atom is 0.258 e. The Hall–Kier alpha value is -2.24. The summed E-state index contributed by atoms with van der Waals surface area (Å²) >= 11 is 0. The second kappa shape index (κ2) is 7.52. The van der Waals surface area contributed by atoms with E-state index in [1.807, 2.05) is 6.92 Å². The highest BCUT2D eigenvalue weighted by molar-refractivity contribution is 5.79. The van der Waals surface area contributed by atoms with E-state index in [1.165, 1.54) is 0 Å². The van der Waals surface area contributed by atoms with Crippen LogP contribution in [0.25, 0.3) is 0 Å². The van der Waals surface area contributed by atoms with E-state index in [2.05, 4.69) is 10.6 Å². The molecule has 0 spiro atoms. The molecule has 2 rings (SSSR count). The minimum Gasteiger partial charge on any atom is -0.494 e. The minimum absolute atomic E-state index is 0.0147. The molecule has 1 aliphatic heterocycles. The number of hydrogen-bond donors (Lipinski definition) is 2. The molecule has 2 N–H and O–H groups in total. The van der Waals surface area contributed by atoms with Crippen LogP contribution < -0.4 is 20.1 Å². The molecule has 1 heterocycles. The van der Waals surface area contributed by atoms with Gasteiger partial charge in [0.25, 0.3) is 5.91 Å². The predicted octanol–water partition coefficient (Wildman–Crippen LogP) is 0.859. The number of rotatable bonds is 6. The topological polar surface area (TPSA) is 76.7 Å². The molecule has 0 bridgehead atoms. The Morgan fingerprint density at radius 1 is 1.29 bits per heavy atom. The van der Waals surface area contributed by atoms with Gasteiger partial charge in [0.2, 0.25) is 5.91 Å². The van der Waals surface area contributed by atoms with Gasteiger partial charge in [0, 0.05) is 19.0 Å². The fourth-order valence-electron chi connectivity index (χ4n) is 2.07. The van der Waals surface area contributed by atoms with Gasteiger partial charge < -0.3 is 20.1 Å². The maximum absolute atomic E-state index is 11.8. The van der Waals surface area contributed by atoms with Crippen LogP contribution in [-0.2, 0) is 9.59 Å². The standard InChI is InChI=1S/C15H20N2O4/c1-2-20-12-4-6-13(7-5-12)21-10-15(19)17-11-3-8-14(18)16-9-11/h4-7,11H,2-3,8-10H2,1H3,(H,16,18)(H,17,19). The fourth-order valence-corrected chi connectivity index (χ4v) is 2.07. The fraction of sp³-hybridized carbons (Fsp3) is 0.467. The van der Waals surface area contributed by atoms with Gasteiger partial charge in [-0.1, -0.05) is 0 Å². The molecule has 0 aliphatic carbocycles. The molecule has 114 valence electrons. The normalized spacial score (nSPS) is 17.8. The number of carbonyl (C=O) groups excluding carboxylic acids is 2. The van der Waals surface area contributed by atoms with E-state index in [1.54, 1.807) is 24.3 Å². The zero-order valence-electron chi connectivity index (χ0n) is 12.1. The third kappa shape index (κ3) is 4.98. The van der Waals surface area contributed by atoms with Crippen molar-refractivity contribution < 1.29 is 19.1 Å². The molecule has 0 radical (unpaired) electrons. The molecular formula is C15H20N2O4. The molecule has 6 heteroatoms. The van der Waals surface area contributed by atoms with Crippen molar-refractivity contribution in [1.82, 2.24) is 10.6 Å². The molecule has 1 saturated heterocycles. The highest BCUT2D eigenvalue weighted by Gasteiger charge is 2.19. The van der Waals surface area contributed by atoms with Gasteiger partial charge in [0.1, 0.15) is 11.5 Å². The van der Waals surface area contributed by atoms with Crippen molar-refractivity contribution in [2.75, 3.05) is 19.8 Å². The Labute approximate surface area is 123 Å². The predicted molar refractivity (Wildman–Crippen MR) is 77.3 cm³/mol. The molecule has 1 atom stereocenters. The first-order valence-corrected chi connectivity index (χ1v) is 7.09. The number of ether oxygens (including phenoxy) is 2. The van der Waals surface area contributed by atoms with Crippen LogP contribution in [0.1, 0.15) is 19.8 Å². The van der Waals surface area contributed by atoms with Crippen LogP contribution in [-0.4, -0.2) is 37.6 Å².